The van der Waals surface area contributed by atoms with Crippen LogP contribution in [0.1, 0.15) is 27.2 Å². The van der Waals surface area contributed by atoms with Crippen LogP contribution >= 0.6 is 11.8 Å². The van der Waals surface area contributed by atoms with E-state index in [1.54, 1.807) is 42.5 Å². The van der Waals surface area contributed by atoms with E-state index in [0.29, 0.717) is 22.8 Å². The molecule has 0 spiro atoms. The lowest BCUT2D eigenvalue weighted by Gasteiger charge is -2.12. The Kier molecular flexibility index (Phi) is 6.88. The van der Waals surface area contributed by atoms with Gasteiger partial charge in [-0.1, -0.05) is 23.8 Å². The van der Waals surface area contributed by atoms with Crippen molar-refractivity contribution in [2.45, 2.75) is 13.8 Å². The highest BCUT2D eigenvalue weighted by atomic mass is 32.2. The van der Waals surface area contributed by atoms with Crippen LogP contribution < -0.4 is 5.32 Å². The summed E-state index contributed by atoms with van der Waals surface area (Å²) in [4.78, 5) is 50.3. The fraction of sp³-hybridized carbons (Fsp3) is 0.154. The summed E-state index contributed by atoms with van der Waals surface area (Å²) in [6, 6.07) is 15.7. The predicted molar refractivity (Wildman–Crippen MR) is 133 cm³/mol. The van der Waals surface area contributed by atoms with Crippen LogP contribution in [-0.4, -0.2) is 41.6 Å². The van der Waals surface area contributed by atoms with Crippen molar-refractivity contribution in [1.29, 1.82) is 0 Å². The number of thioether (sulfide) groups is 1. The first-order valence-corrected chi connectivity index (χ1v) is 11.5. The van der Waals surface area contributed by atoms with Gasteiger partial charge in [0.05, 0.1) is 17.6 Å². The molecule has 0 aliphatic carbocycles. The van der Waals surface area contributed by atoms with E-state index in [9.17, 15) is 19.2 Å². The van der Waals surface area contributed by atoms with Crippen molar-refractivity contribution < 1.29 is 28.3 Å². The van der Waals surface area contributed by atoms with Gasteiger partial charge in [0.25, 0.3) is 11.1 Å². The van der Waals surface area contributed by atoms with Gasteiger partial charge in [-0.3, -0.25) is 19.3 Å². The quantitative estimate of drug-likeness (QED) is 0.382. The first kappa shape index (κ1) is 24.0. The third-order valence-corrected chi connectivity index (χ3v) is 6.23. The lowest BCUT2D eigenvalue weighted by Crippen LogP contribution is -2.36. The molecule has 0 bridgehead atoms. The Morgan fingerprint density at radius 3 is 2.49 bits per heavy atom. The topological polar surface area (TPSA) is 106 Å². The van der Waals surface area contributed by atoms with Gasteiger partial charge in [-0.05, 0) is 67.6 Å². The molecule has 178 valence electrons. The maximum atomic E-state index is 12.8. The minimum atomic E-state index is -0.560. The number of rotatable bonds is 6. The molecule has 1 N–H and O–H groups in total. The molecule has 9 heteroatoms. The average Bonchev–Trinajstić information content (AvgIpc) is 3.40. The van der Waals surface area contributed by atoms with Crippen molar-refractivity contribution >= 4 is 46.5 Å². The van der Waals surface area contributed by atoms with Crippen molar-refractivity contribution in [2.75, 3.05) is 19.0 Å². The Balaban J connectivity index is 1.46. The van der Waals surface area contributed by atoms with Gasteiger partial charge < -0.3 is 14.5 Å². The molecule has 1 saturated heterocycles. The van der Waals surface area contributed by atoms with Crippen molar-refractivity contribution in [2.24, 2.45) is 0 Å². The number of furan rings is 1. The van der Waals surface area contributed by atoms with Gasteiger partial charge in [-0.25, -0.2) is 4.79 Å². The molecule has 1 aliphatic heterocycles. The number of carbonyl (C=O) groups is 4. The van der Waals surface area contributed by atoms with Crippen LogP contribution in [0.15, 0.2) is 63.9 Å². The standard InChI is InChI=1S/C26H22N2O6S/c1-15-4-7-18(8-5-15)27-23(29)14-28-24(30)22(35-26(28)32)13-19-9-11-21(34-19)20-10-6-17(12-16(20)2)25(31)33-3/h4-13H,14H2,1-3H3,(H,27,29). The number of hydrogen-bond donors (Lipinski definition) is 1. The molecular formula is C26H22N2O6S. The normalized spacial score (nSPS) is 14.5. The summed E-state index contributed by atoms with van der Waals surface area (Å²) in [6.07, 6.45) is 1.48. The first-order valence-electron chi connectivity index (χ1n) is 10.7. The van der Waals surface area contributed by atoms with Crippen molar-refractivity contribution in [1.82, 2.24) is 4.90 Å². The smallest absolute Gasteiger partial charge is 0.337 e. The van der Waals surface area contributed by atoms with E-state index in [4.69, 9.17) is 9.15 Å². The van der Waals surface area contributed by atoms with Gasteiger partial charge >= 0.3 is 5.97 Å². The molecule has 1 aliphatic rings. The van der Waals surface area contributed by atoms with Crippen molar-refractivity contribution in [3.63, 3.8) is 0 Å². The Labute approximate surface area is 205 Å². The summed E-state index contributed by atoms with van der Waals surface area (Å²) in [7, 11) is 1.32. The van der Waals surface area contributed by atoms with E-state index >= 15 is 0 Å². The molecule has 2 heterocycles. The molecule has 1 aromatic heterocycles. The number of imide groups is 1. The Hall–Kier alpha value is -4.11. The molecular weight excluding hydrogens is 468 g/mol. The number of benzene rings is 2. The van der Waals surface area contributed by atoms with Crippen molar-refractivity contribution in [3.05, 3.63) is 82.0 Å². The van der Waals surface area contributed by atoms with E-state index in [-0.39, 0.29) is 11.4 Å². The van der Waals surface area contributed by atoms with Crippen LogP contribution in [0.4, 0.5) is 10.5 Å². The summed E-state index contributed by atoms with van der Waals surface area (Å²) >= 11 is 0.750. The number of ether oxygens (including phenoxy) is 1. The monoisotopic (exact) mass is 490 g/mol. The molecule has 3 amide bonds. The summed E-state index contributed by atoms with van der Waals surface area (Å²) in [5.41, 5.74) is 3.65. The molecule has 35 heavy (non-hydrogen) atoms. The van der Waals surface area contributed by atoms with E-state index in [0.717, 1.165) is 33.4 Å². The van der Waals surface area contributed by atoms with Crippen LogP contribution in [0.2, 0.25) is 0 Å². The second kappa shape index (κ2) is 10.0. The number of nitrogens with one attached hydrogen (secondary N) is 1. The van der Waals surface area contributed by atoms with E-state index in [1.807, 2.05) is 26.0 Å². The predicted octanol–water partition coefficient (Wildman–Crippen LogP) is 5.03. The number of aryl methyl sites for hydroxylation is 2. The highest BCUT2D eigenvalue weighted by Gasteiger charge is 2.36. The zero-order chi connectivity index (χ0) is 25.1. The van der Waals surface area contributed by atoms with Gasteiger partial charge in [-0.2, -0.15) is 0 Å². The summed E-state index contributed by atoms with van der Waals surface area (Å²) in [5.74, 6) is -0.532. The van der Waals surface area contributed by atoms with Crippen LogP contribution in [0.3, 0.4) is 0 Å². The Morgan fingerprint density at radius 1 is 1.06 bits per heavy atom. The van der Waals surface area contributed by atoms with Crippen LogP contribution in [0.5, 0.6) is 0 Å². The highest BCUT2D eigenvalue weighted by molar-refractivity contribution is 8.18. The number of methoxy groups -OCH3 is 1. The third-order valence-electron chi connectivity index (χ3n) is 5.32. The number of carbonyl (C=O) groups excluding carboxylic acids is 4. The maximum Gasteiger partial charge on any atom is 0.337 e. The molecule has 1 fully saturated rings. The van der Waals surface area contributed by atoms with E-state index in [2.05, 4.69) is 5.32 Å². The summed E-state index contributed by atoms with van der Waals surface area (Å²) < 4.78 is 10.6. The zero-order valence-corrected chi connectivity index (χ0v) is 20.1. The number of nitrogens with zero attached hydrogens (tertiary/aromatic N) is 1. The molecule has 8 nitrogen and oxygen atoms in total. The van der Waals surface area contributed by atoms with Gasteiger partial charge in [-0.15, -0.1) is 0 Å². The SMILES string of the molecule is COC(=O)c1ccc(-c2ccc(C=C3SC(=O)N(CC(=O)Nc4ccc(C)cc4)C3=O)o2)c(C)c1. The Morgan fingerprint density at radius 2 is 1.80 bits per heavy atom. The fourth-order valence-corrected chi connectivity index (χ4v) is 4.33. The lowest BCUT2D eigenvalue weighted by molar-refractivity contribution is -0.127. The number of esters is 1. The van der Waals surface area contributed by atoms with Crippen LogP contribution in [0, 0.1) is 13.8 Å². The van der Waals surface area contributed by atoms with Gasteiger partial charge in [0, 0.05) is 17.3 Å². The highest BCUT2D eigenvalue weighted by Crippen LogP contribution is 2.34. The maximum absolute atomic E-state index is 12.8. The van der Waals surface area contributed by atoms with Crippen molar-refractivity contribution in [3.8, 4) is 11.3 Å². The number of hydrogen-bond acceptors (Lipinski definition) is 7. The van der Waals surface area contributed by atoms with Crippen LogP contribution in [0.25, 0.3) is 17.4 Å². The van der Waals surface area contributed by atoms with E-state index in [1.165, 1.54) is 13.2 Å². The number of anilines is 1. The average molecular weight is 491 g/mol. The lowest BCUT2D eigenvalue weighted by atomic mass is 10.0. The minimum Gasteiger partial charge on any atom is -0.465 e. The summed E-state index contributed by atoms with van der Waals surface area (Å²) in [6.45, 7) is 3.39. The second-order valence-electron chi connectivity index (χ2n) is 7.91. The molecule has 4 rings (SSSR count). The largest absolute Gasteiger partial charge is 0.465 e. The number of amides is 3. The fourth-order valence-electron chi connectivity index (χ4n) is 3.51. The molecule has 2 aromatic carbocycles. The molecule has 3 aromatic rings. The first-order chi connectivity index (χ1) is 16.7. The van der Waals surface area contributed by atoms with E-state index < -0.39 is 23.0 Å². The van der Waals surface area contributed by atoms with Gasteiger partial charge in [0.15, 0.2) is 0 Å². The molecule has 0 saturated carbocycles. The molecule has 0 unspecified atom stereocenters. The second-order valence-corrected chi connectivity index (χ2v) is 8.90. The zero-order valence-electron chi connectivity index (χ0n) is 19.3. The summed E-state index contributed by atoms with van der Waals surface area (Å²) in [5, 5.41) is 2.16. The minimum absolute atomic E-state index is 0.164. The van der Waals surface area contributed by atoms with Gasteiger partial charge in [0.2, 0.25) is 5.91 Å². The Bertz CT molecular complexity index is 1360. The molecule has 0 radical (unpaired) electrons. The molecule has 0 atom stereocenters. The third kappa shape index (κ3) is 5.36. The van der Waals surface area contributed by atoms with Crippen LogP contribution in [-0.2, 0) is 14.3 Å². The van der Waals surface area contributed by atoms with Gasteiger partial charge in [0.1, 0.15) is 18.1 Å².